The Hall–Kier alpha value is -1.09. The SMILES string of the molecule is CCCNCc1cccc(N2CCC(CC)(CC)C2)n1. The van der Waals surface area contributed by atoms with Gasteiger partial charge in [-0.3, -0.25) is 0 Å². The van der Waals surface area contributed by atoms with Gasteiger partial charge in [-0.15, -0.1) is 0 Å². The maximum absolute atomic E-state index is 4.82. The van der Waals surface area contributed by atoms with Gasteiger partial charge in [0.25, 0.3) is 0 Å². The second-order valence-corrected chi connectivity index (χ2v) is 6.04. The molecule has 20 heavy (non-hydrogen) atoms. The van der Waals surface area contributed by atoms with Crippen molar-refractivity contribution in [2.75, 3.05) is 24.5 Å². The number of hydrogen-bond donors (Lipinski definition) is 1. The maximum atomic E-state index is 4.82. The van der Waals surface area contributed by atoms with E-state index in [2.05, 4.69) is 49.2 Å². The second kappa shape index (κ2) is 7.07. The summed E-state index contributed by atoms with van der Waals surface area (Å²) in [6.07, 6.45) is 5.02. The molecule has 2 rings (SSSR count). The fraction of sp³-hybridized carbons (Fsp3) is 0.706. The Kier molecular flexibility index (Phi) is 5.41. The van der Waals surface area contributed by atoms with Gasteiger partial charge in [-0.25, -0.2) is 4.98 Å². The summed E-state index contributed by atoms with van der Waals surface area (Å²) >= 11 is 0. The molecule has 0 aliphatic carbocycles. The molecule has 1 aromatic heterocycles. The molecule has 1 aromatic rings. The quantitative estimate of drug-likeness (QED) is 0.771. The Morgan fingerprint density at radius 3 is 2.70 bits per heavy atom. The maximum Gasteiger partial charge on any atom is 0.128 e. The summed E-state index contributed by atoms with van der Waals surface area (Å²) in [5.74, 6) is 1.16. The van der Waals surface area contributed by atoms with Crippen LogP contribution in [0.1, 0.15) is 52.1 Å². The summed E-state index contributed by atoms with van der Waals surface area (Å²) in [7, 11) is 0. The molecule has 0 saturated carbocycles. The van der Waals surface area contributed by atoms with Crippen LogP contribution in [0.3, 0.4) is 0 Å². The number of aromatic nitrogens is 1. The van der Waals surface area contributed by atoms with Crippen molar-refractivity contribution < 1.29 is 0 Å². The summed E-state index contributed by atoms with van der Waals surface area (Å²) in [5, 5.41) is 3.43. The average Bonchev–Trinajstić information content (AvgIpc) is 2.93. The van der Waals surface area contributed by atoms with Gasteiger partial charge >= 0.3 is 0 Å². The highest BCUT2D eigenvalue weighted by atomic mass is 15.2. The average molecular weight is 275 g/mol. The second-order valence-electron chi connectivity index (χ2n) is 6.04. The van der Waals surface area contributed by atoms with E-state index < -0.39 is 0 Å². The lowest BCUT2D eigenvalue weighted by Gasteiger charge is -2.26. The number of nitrogens with zero attached hydrogens (tertiary/aromatic N) is 2. The molecule has 1 aliphatic rings. The van der Waals surface area contributed by atoms with Crippen molar-refractivity contribution in [1.82, 2.24) is 10.3 Å². The van der Waals surface area contributed by atoms with Gasteiger partial charge in [0, 0.05) is 19.6 Å². The van der Waals surface area contributed by atoms with Gasteiger partial charge < -0.3 is 10.2 Å². The van der Waals surface area contributed by atoms with Crippen LogP contribution < -0.4 is 10.2 Å². The third kappa shape index (κ3) is 3.51. The van der Waals surface area contributed by atoms with Crippen molar-refractivity contribution >= 4 is 5.82 Å². The highest BCUT2D eigenvalue weighted by Gasteiger charge is 2.35. The van der Waals surface area contributed by atoms with E-state index in [1.165, 1.54) is 32.2 Å². The molecule has 0 radical (unpaired) electrons. The molecule has 0 aromatic carbocycles. The number of rotatable bonds is 7. The van der Waals surface area contributed by atoms with Gasteiger partial charge in [-0.1, -0.05) is 26.8 Å². The molecule has 112 valence electrons. The van der Waals surface area contributed by atoms with E-state index in [0.29, 0.717) is 5.41 Å². The number of anilines is 1. The lowest BCUT2D eigenvalue weighted by atomic mass is 9.82. The van der Waals surface area contributed by atoms with Crippen LogP contribution in [0.15, 0.2) is 18.2 Å². The third-order valence-corrected chi connectivity index (χ3v) is 4.79. The molecule has 3 heteroatoms. The highest BCUT2D eigenvalue weighted by molar-refractivity contribution is 5.41. The van der Waals surface area contributed by atoms with E-state index in [1.807, 2.05) is 0 Å². The largest absolute Gasteiger partial charge is 0.356 e. The van der Waals surface area contributed by atoms with Gasteiger partial charge in [0.1, 0.15) is 5.82 Å². The zero-order chi connectivity index (χ0) is 14.4. The molecule has 1 aliphatic heterocycles. The third-order valence-electron chi connectivity index (χ3n) is 4.79. The lowest BCUT2D eigenvalue weighted by molar-refractivity contribution is 0.301. The molecule has 0 amide bonds. The highest BCUT2D eigenvalue weighted by Crippen LogP contribution is 2.38. The van der Waals surface area contributed by atoms with Crippen LogP contribution in [0.4, 0.5) is 5.82 Å². The number of pyridine rings is 1. The summed E-state index contributed by atoms with van der Waals surface area (Å²) in [4.78, 5) is 7.29. The van der Waals surface area contributed by atoms with Gasteiger partial charge in [0.15, 0.2) is 0 Å². The van der Waals surface area contributed by atoms with E-state index in [0.717, 1.165) is 31.1 Å². The summed E-state index contributed by atoms with van der Waals surface area (Å²) < 4.78 is 0. The first kappa shape index (κ1) is 15.3. The molecule has 0 bridgehead atoms. The summed E-state index contributed by atoms with van der Waals surface area (Å²) in [5.41, 5.74) is 1.67. The summed E-state index contributed by atoms with van der Waals surface area (Å²) in [6, 6.07) is 6.42. The Bertz CT molecular complexity index is 412. The van der Waals surface area contributed by atoms with Gasteiger partial charge in [0.2, 0.25) is 0 Å². The van der Waals surface area contributed by atoms with Gasteiger partial charge in [-0.05, 0) is 49.8 Å². The van der Waals surface area contributed by atoms with Crippen molar-refractivity contribution in [2.24, 2.45) is 5.41 Å². The topological polar surface area (TPSA) is 28.2 Å². The van der Waals surface area contributed by atoms with Crippen LogP contribution in [0.5, 0.6) is 0 Å². The van der Waals surface area contributed by atoms with Crippen molar-refractivity contribution in [2.45, 2.75) is 53.0 Å². The number of nitrogens with one attached hydrogen (secondary N) is 1. The molecule has 1 saturated heterocycles. The van der Waals surface area contributed by atoms with Crippen LogP contribution in [0.2, 0.25) is 0 Å². The van der Waals surface area contributed by atoms with E-state index in [9.17, 15) is 0 Å². The molecule has 1 fully saturated rings. The molecule has 0 spiro atoms. The predicted molar refractivity (Wildman–Crippen MR) is 86.1 cm³/mol. The summed E-state index contributed by atoms with van der Waals surface area (Å²) in [6.45, 7) is 11.1. The van der Waals surface area contributed by atoms with Crippen LogP contribution in [-0.4, -0.2) is 24.6 Å². The first-order chi connectivity index (χ1) is 9.73. The molecule has 0 unspecified atom stereocenters. The lowest BCUT2D eigenvalue weighted by Crippen LogP contribution is -2.27. The van der Waals surface area contributed by atoms with E-state index in [-0.39, 0.29) is 0 Å². The van der Waals surface area contributed by atoms with Gasteiger partial charge in [0.05, 0.1) is 5.69 Å². The minimum Gasteiger partial charge on any atom is -0.356 e. The molecule has 0 atom stereocenters. The first-order valence-electron chi connectivity index (χ1n) is 8.14. The molecule has 1 N–H and O–H groups in total. The zero-order valence-corrected chi connectivity index (χ0v) is 13.3. The van der Waals surface area contributed by atoms with Crippen molar-refractivity contribution in [3.63, 3.8) is 0 Å². The fourth-order valence-electron chi connectivity index (χ4n) is 3.09. The van der Waals surface area contributed by atoms with Crippen LogP contribution >= 0.6 is 0 Å². The molecule has 3 nitrogen and oxygen atoms in total. The zero-order valence-electron chi connectivity index (χ0n) is 13.3. The minimum atomic E-state index is 0.512. The molecular formula is C17H29N3. The minimum absolute atomic E-state index is 0.512. The van der Waals surface area contributed by atoms with E-state index in [4.69, 9.17) is 4.98 Å². The van der Waals surface area contributed by atoms with Crippen LogP contribution in [0.25, 0.3) is 0 Å². The van der Waals surface area contributed by atoms with Gasteiger partial charge in [-0.2, -0.15) is 0 Å². The van der Waals surface area contributed by atoms with E-state index in [1.54, 1.807) is 0 Å². The Labute approximate surface area is 123 Å². The van der Waals surface area contributed by atoms with Crippen LogP contribution in [-0.2, 0) is 6.54 Å². The predicted octanol–water partition coefficient (Wildman–Crippen LogP) is 3.60. The van der Waals surface area contributed by atoms with Crippen molar-refractivity contribution in [3.8, 4) is 0 Å². The molecular weight excluding hydrogens is 246 g/mol. The standard InChI is InChI=1S/C17H29N3/c1-4-11-18-13-15-8-7-9-16(19-15)20-12-10-17(5-2,6-3)14-20/h7-9,18H,4-6,10-14H2,1-3H3. The Morgan fingerprint density at radius 2 is 2.05 bits per heavy atom. The normalized spacial score (nSPS) is 17.6. The van der Waals surface area contributed by atoms with E-state index >= 15 is 0 Å². The Balaban J connectivity index is 2.01. The van der Waals surface area contributed by atoms with Crippen molar-refractivity contribution in [3.05, 3.63) is 23.9 Å². The molecule has 2 heterocycles. The van der Waals surface area contributed by atoms with Crippen molar-refractivity contribution in [1.29, 1.82) is 0 Å². The number of hydrogen-bond acceptors (Lipinski definition) is 3. The monoisotopic (exact) mass is 275 g/mol. The smallest absolute Gasteiger partial charge is 0.128 e. The Morgan fingerprint density at radius 1 is 1.25 bits per heavy atom. The first-order valence-corrected chi connectivity index (χ1v) is 8.14. The fourth-order valence-corrected chi connectivity index (χ4v) is 3.09. The van der Waals surface area contributed by atoms with Crippen LogP contribution in [0, 0.1) is 5.41 Å².